The van der Waals surface area contributed by atoms with Gasteiger partial charge < -0.3 is 4.74 Å². The third kappa shape index (κ3) is 2.56. The molecule has 0 radical (unpaired) electrons. The van der Waals surface area contributed by atoms with Crippen LogP contribution in [0.5, 0.6) is 0 Å². The van der Waals surface area contributed by atoms with Crippen LogP contribution >= 0.6 is 15.9 Å². The molecule has 70 valence electrons. The Kier molecular flexibility index (Phi) is 3.48. The first kappa shape index (κ1) is 10.3. The number of rotatable bonds is 2. The van der Waals surface area contributed by atoms with Crippen molar-refractivity contribution < 1.29 is 4.74 Å². The van der Waals surface area contributed by atoms with E-state index >= 15 is 0 Å². The lowest BCUT2D eigenvalue weighted by atomic mass is 10.1. The van der Waals surface area contributed by atoms with Crippen LogP contribution in [0, 0.1) is 12.3 Å². The summed E-state index contributed by atoms with van der Waals surface area (Å²) in [6.45, 7) is 4.41. The number of hydrogen-bond acceptors (Lipinski definition) is 2. The van der Waals surface area contributed by atoms with Crippen LogP contribution in [-0.4, -0.2) is 12.5 Å². The molecular weight excluding hydrogens is 230 g/mol. The Hall–Kier alpha value is -0.830. The SMILES string of the molecule is CCOC(=N)c1ccc(C)cc1Br. The molecule has 0 saturated heterocycles. The minimum atomic E-state index is 0.217. The summed E-state index contributed by atoms with van der Waals surface area (Å²) >= 11 is 3.40. The number of ether oxygens (including phenoxy) is 1. The molecule has 0 atom stereocenters. The summed E-state index contributed by atoms with van der Waals surface area (Å²) in [5, 5.41) is 7.59. The zero-order valence-electron chi connectivity index (χ0n) is 7.73. The van der Waals surface area contributed by atoms with E-state index < -0.39 is 0 Å². The van der Waals surface area contributed by atoms with Gasteiger partial charge in [0.2, 0.25) is 5.90 Å². The molecule has 1 N–H and O–H groups in total. The molecule has 2 nitrogen and oxygen atoms in total. The summed E-state index contributed by atoms with van der Waals surface area (Å²) in [5.41, 5.74) is 1.97. The molecule has 0 bridgehead atoms. The van der Waals surface area contributed by atoms with Crippen LogP contribution in [-0.2, 0) is 4.74 Å². The van der Waals surface area contributed by atoms with Gasteiger partial charge in [-0.1, -0.05) is 6.07 Å². The Bertz CT molecular complexity index is 323. The van der Waals surface area contributed by atoms with E-state index in [1.807, 2.05) is 32.0 Å². The molecule has 1 rings (SSSR count). The molecule has 0 heterocycles. The molecular formula is C10H12BrNO. The molecule has 1 aromatic carbocycles. The highest BCUT2D eigenvalue weighted by Gasteiger charge is 2.06. The minimum Gasteiger partial charge on any atom is -0.478 e. The first-order chi connectivity index (χ1) is 6.15. The topological polar surface area (TPSA) is 33.1 Å². The molecule has 0 aliphatic carbocycles. The molecule has 0 amide bonds. The van der Waals surface area contributed by atoms with Crippen LogP contribution in [0.1, 0.15) is 18.1 Å². The quantitative estimate of drug-likeness (QED) is 0.627. The van der Waals surface area contributed by atoms with Gasteiger partial charge in [-0.15, -0.1) is 0 Å². The maximum atomic E-state index is 7.59. The predicted octanol–water partition coefficient (Wildman–Crippen LogP) is 3.12. The van der Waals surface area contributed by atoms with E-state index in [1.54, 1.807) is 0 Å². The summed E-state index contributed by atoms with van der Waals surface area (Å²) < 4.78 is 6.01. The predicted molar refractivity (Wildman–Crippen MR) is 57.3 cm³/mol. The average Bonchev–Trinajstić information content (AvgIpc) is 2.04. The standard InChI is InChI=1S/C10H12BrNO/c1-3-13-10(12)8-5-4-7(2)6-9(8)11/h4-6,12H,3H2,1-2H3. The van der Waals surface area contributed by atoms with Crippen LogP contribution in [0.2, 0.25) is 0 Å². The van der Waals surface area contributed by atoms with Crippen molar-refractivity contribution in [2.24, 2.45) is 0 Å². The Labute approximate surface area is 86.6 Å². The highest BCUT2D eigenvalue weighted by atomic mass is 79.9. The highest BCUT2D eigenvalue weighted by molar-refractivity contribution is 9.10. The second-order valence-electron chi connectivity index (χ2n) is 2.75. The summed E-state index contributed by atoms with van der Waals surface area (Å²) in [7, 11) is 0. The fourth-order valence-corrected chi connectivity index (χ4v) is 1.70. The van der Waals surface area contributed by atoms with Crippen LogP contribution < -0.4 is 0 Å². The van der Waals surface area contributed by atoms with Crippen molar-refractivity contribution in [2.45, 2.75) is 13.8 Å². The lowest BCUT2D eigenvalue weighted by Gasteiger charge is -2.07. The van der Waals surface area contributed by atoms with Gasteiger partial charge >= 0.3 is 0 Å². The van der Waals surface area contributed by atoms with Crippen molar-refractivity contribution in [1.29, 1.82) is 5.41 Å². The molecule has 0 aliphatic rings. The van der Waals surface area contributed by atoms with Crippen molar-refractivity contribution in [3.05, 3.63) is 33.8 Å². The monoisotopic (exact) mass is 241 g/mol. The van der Waals surface area contributed by atoms with Crippen LogP contribution in [0.4, 0.5) is 0 Å². The average molecular weight is 242 g/mol. The molecule has 0 unspecified atom stereocenters. The number of aryl methyl sites for hydroxylation is 1. The summed E-state index contributed by atoms with van der Waals surface area (Å²) in [6, 6.07) is 5.83. The first-order valence-electron chi connectivity index (χ1n) is 4.13. The highest BCUT2D eigenvalue weighted by Crippen LogP contribution is 2.18. The van der Waals surface area contributed by atoms with Crippen molar-refractivity contribution in [1.82, 2.24) is 0 Å². The van der Waals surface area contributed by atoms with Crippen molar-refractivity contribution in [3.63, 3.8) is 0 Å². The van der Waals surface area contributed by atoms with Crippen LogP contribution in [0.15, 0.2) is 22.7 Å². The largest absolute Gasteiger partial charge is 0.478 e. The third-order valence-electron chi connectivity index (χ3n) is 1.66. The van der Waals surface area contributed by atoms with E-state index in [-0.39, 0.29) is 5.90 Å². The molecule has 0 aliphatic heterocycles. The zero-order chi connectivity index (χ0) is 9.84. The number of benzene rings is 1. The van der Waals surface area contributed by atoms with Crippen molar-refractivity contribution >= 4 is 21.8 Å². The molecule has 0 aromatic heterocycles. The fourth-order valence-electron chi connectivity index (χ4n) is 1.03. The van der Waals surface area contributed by atoms with Gasteiger partial charge in [-0.3, -0.25) is 5.41 Å². The Morgan fingerprint density at radius 3 is 2.77 bits per heavy atom. The van der Waals surface area contributed by atoms with Gasteiger partial charge in [0.15, 0.2) is 0 Å². The van der Waals surface area contributed by atoms with Gasteiger partial charge in [0, 0.05) is 4.47 Å². The third-order valence-corrected chi connectivity index (χ3v) is 2.31. The van der Waals surface area contributed by atoms with Crippen LogP contribution in [0.3, 0.4) is 0 Å². The summed E-state index contributed by atoms with van der Waals surface area (Å²) in [4.78, 5) is 0. The van der Waals surface area contributed by atoms with E-state index in [4.69, 9.17) is 10.1 Å². The second kappa shape index (κ2) is 4.42. The smallest absolute Gasteiger partial charge is 0.214 e. The number of halogens is 1. The van der Waals surface area contributed by atoms with Gasteiger partial charge in [-0.05, 0) is 47.5 Å². The molecule has 3 heteroatoms. The van der Waals surface area contributed by atoms with Gasteiger partial charge in [0.05, 0.1) is 12.2 Å². The van der Waals surface area contributed by atoms with E-state index in [0.717, 1.165) is 10.0 Å². The maximum Gasteiger partial charge on any atom is 0.214 e. The van der Waals surface area contributed by atoms with Crippen LogP contribution in [0.25, 0.3) is 0 Å². The van der Waals surface area contributed by atoms with Gasteiger partial charge in [-0.2, -0.15) is 0 Å². The van der Waals surface area contributed by atoms with E-state index in [0.29, 0.717) is 6.61 Å². The molecule has 0 saturated carbocycles. The van der Waals surface area contributed by atoms with E-state index in [1.165, 1.54) is 5.56 Å². The minimum absolute atomic E-state index is 0.217. The first-order valence-corrected chi connectivity index (χ1v) is 4.92. The lowest BCUT2D eigenvalue weighted by molar-refractivity contribution is 0.325. The van der Waals surface area contributed by atoms with Crippen molar-refractivity contribution in [2.75, 3.05) is 6.61 Å². The maximum absolute atomic E-state index is 7.59. The zero-order valence-corrected chi connectivity index (χ0v) is 9.31. The van der Waals surface area contributed by atoms with E-state index in [9.17, 15) is 0 Å². The molecule has 0 spiro atoms. The van der Waals surface area contributed by atoms with E-state index in [2.05, 4.69) is 15.9 Å². The van der Waals surface area contributed by atoms with Gasteiger partial charge in [0.1, 0.15) is 0 Å². The Balaban J connectivity index is 2.95. The molecule has 13 heavy (non-hydrogen) atoms. The Morgan fingerprint density at radius 1 is 1.54 bits per heavy atom. The van der Waals surface area contributed by atoms with Gasteiger partial charge in [-0.25, -0.2) is 0 Å². The summed E-state index contributed by atoms with van der Waals surface area (Å²) in [6.07, 6.45) is 0. The normalized spacial score (nSPS) is 9.77. The number of nitrogens with one attached hydrogen (secondary N) is 1. The fraction of sp³-hybridized carbons (Fsp3) is 0.300. The van der Waals surface area contributed by atoms with Crippen molar-refractivity contribution in [3.8, 4) is 0 Å². The van der Waals surface area contributed by atoms with Gasteiger partial charge in [0.25, 0.3) is 0 Å². The molecule has 0 fully saturated rings. The lowest BCUT2D eigenvalue weighted by Crippen LogP contribution is -2.05. The Morgan fingerprint density at radius 2 is 2.23 bits per heavy atom. The molecule has 1 aromatic rings. The number of hydrogen-bond donors (Lipinski definition) is 1. The summed E-state index contributed by atoms with van der Waals surface area (Å²) in [5.74, 6) is 0.217. The second-order valence-corrected chi connectivity index (χ2v) is 3.60.